The SMILES string of the molecule is O=C(NCC(=O)N1CCCC(Oc2ncc(F)cn2)C1)OCc1ccccc1. The average Bonchev–Trinajstić information content (AvgIpc) is 2.73. The Morgan fingerprint density at radius 3 is 2.71 bits per heavy atom. The lowest BCUT2D eigenvalue weighted by Gasteiger charge is -2.32. The fraction of sp³-hybridized carbons (Fsp3) is 0.368. The van der Waals surface area contributed by atoms with Crippen LogP contribution in [0.4, 0.5) is 9.18 Å². The first-order valence-electron chi connectivity index (χ1n) is 8.96. The number of hydrogen-bond acceptors (Lipinski definition) is 6. The highest BCUT2D eigenvalue weighted by atomic mass is 19.1. The minimum Gasteiger partial charge on any atom is -0.458 e. The average molecular weight is 388 g/mol. The molecule has 2 amide bonds. The molecule has 1 aliphatic heterocycles. The second kappa shape index (κ2) is 9.63. The smallest absolute Gasteiger partial charge is 0.407 e. The number of carbonyl (C=O) groups is 2. The molecule has 1 atom stereocenters. The highest BCUT2D eigenvalue weighted by Crippen LogP contribution is 2.15. The zero-order chi connectivity index (χ0) is 19.8. The van der Waals surface area contributed by atoms with Crippen molar-refractivity contribution in [2.75, 3.05) is 19.6 Å². The van der Waals surface area contributed by atoms with Gasteiger partial charge in [0.05, 0.1) is 18.9 Å². The van der Waals surface area contributed by atoms with Crippen LogP contribution in [0.5, 0.6) is 6.01 Å². The molecule has 1 N–H and O–H groups in total. The largest absolute Gasteiger partial charge is 0.458 e. The van der Waals surface area contributed by atoms with Crippen LogP contribution in [0.2, 0.25) is 0 Å². The number of carbonyl (C=O) groups excluding carboxylic acids is 2. The summed E-state index contributed by atoms with van der Waals surface area (Å²) in [6.45, 7) is 0.898. The van der Waals surface area contributed by atoms with Gasteiger partial charge in [-0.1, -0.05) is 30.3 Å². The summed E-state index contributed by atoms with van der Waals surface area (Å²) in [4.78, 5) is 33.2. The second-order valence-corrected chi connectivity index (χ2v) is 6.32. The summed E-state index contributed by atoms with van der Waals surface area (Å²) >= 11 is 0. The molecule has 2 heterocycles. The van der Waals surface area contributed by atoms with Gasteiger partial charge in [-0.05, 0) is 18.4 Å². The predicted molar refractivity (Wildman–Crippen MR) is 96.8 cm³/mol. The molecule has 148 valence electrons. The quantitative estimate of drug-likeness (QED) is 0.813. The summed E-state index contributed by atoms with van der Waals surface area (Å²) in [6, 6.07) is 9.34. The number of likely N-dealkylation sites (tertiary alicyclic amines) is 1. The van der Waals surface area contributed by atoms with E-state index >= 15 is 0 Å². The molecule has 1 aromatic heterocycles. The number of rotatable bonds is 6. The van der Waals surface area contributed by atoms with Gasteiger partial charge in [0.2, 0.25) is 5.91 Å². The third-order valence-electron chi connectivity index (χ3n) is 4.20. The van der Waals surface area contributed by atoms with Gasteiger partial charge < -0.3 is 19.7 Å². The molecule has 9 heteroatoms. The maximum atomic E-state index is 12.9. The van der Waals surface area contributed by atoms with Crippen LogP contribution in [0.25, 0.3) is 0 Å². The number of nitrogens with one attached hydrogen (secondary N) is 1. The Balaban J connectivity index is 1.40. The summed E-state index contributed by atoms with van der Waals surface area (Å²) in [6.07, 6.45) is 2.60. The van der Waals surface area contributed by atoms with Crippen LogP contribution >= 0.6 is 0 Å². The van der Waals surface area contributed by atoms with E-state index in [2.05, 4.69) is 15.3 Å². The van der Waals surface area contributed by atoms with Crippen molar-refractivity contribution in [1.29, 1.82) is 0 Å². The van der Waals surface area contributed by atoms with E-state index in [1.807, 2.05) is 30.3 Å². The van der Waals surface area contributed by atoms with Crippen LogP contribution in [-0.4, -0.2) is 52.6 Å². The maximum Gasteiger partial charge on any atom is 0.407 e. The van der Waals surface area contributed by atoms with Gasteiger partial charge in [-0.3, -0.25) is 4.79 Å². The van der Waals surface area contributed by atoms with Crippen molar-refractivity contribution < 1.29 is 23.5 Å². The monoisotopic (exact) mass is 388 g/mol. The van der Waals surface area contributed by atoms with Crippen molar-refractivity contribution in [3.63, 3.8) is 0 Å². The van der Waals surface area contributed by atoms with Crippen LogP contribution < -0.4 is 10.1 Å². The first kappa shape index (κ1) is 19.5. The third kappa shape index (κ3) is 5.90. The van der Waals surface area contributed by atoms with E-state index in [-0.39, 0.29) is 31.2 Å². The van der Waals surface area contributed by atoms with Crippen LogP contribution in [0.3, 0.4) is 0 Å². The molecule has 3 rings (SSSR count). The van der Waals surface area contributed by atoms with Gasteiger partial charge in [-0.2, -0.15) is 0 Å². The summed E-state index contributed by atoms with van der Waals surface area (Å²) in [7, 11) is 0. The molecule has 0 saturated carbocycles. The second-order valence-electron chi connectivity index (χ2n) is 6.32. The molecule has 1 aromatic carbocycles. The Morgan fingerprint density at radius 2 is 1.96 bits per heavy atom. The van der Waals surface area contributed by atoms with Crippen molar-refractivity contribution in [3.8, 4) is 6.01 Å². The van der Waals surface area contributed by atoms with E-state index in [1.54, 1.807) is 4.90 Å². The molecule has 1 fully saturated rings. The molecule has 1 unspecified atom stereocenters. The predicted octanol–water partition coefficient (Wildman–Crippen LogP) is 1.91. The molecule has 0 spiro atoms. The third-order valence-corrected chi connectivity index (χ3v) is 4.20. The van der Waals surface area contributed by atoms with Crippen molar-refractivity contribution in [3.05, 3.63) is 54.1 Å². The highest BCUT2D eigenvalue weighted by Gasteiger charge is 2.25. The van der Waals surface area contributed by atoms with E-state index in [0.29, 0.717) is 13.1 Å². The molecule has 0 bridgehead atoms. The number of alkyl carbamates (subject to hydrolysis) is 1. The highest BCUT2D eigenvalue weighted by molar-refractivity contribution is 5.82. The lowest BCUT2D eigenvalue weighted by Crippen LogP contribution is -2.48. The number of benzene rings is 1. The van der Waals surface area contributed by atoms with Gasteiger partial charge in [0, 0.05) is 6.54 Å². The Hall–Kier alpha value is -3.23. The van der Waals surface area contributed by atoms with E-state index < -0.39 is 11.9 Å². The van der Waals surface area contributed by atoms with Crippen molar-refractivity contribution in [2.45, 2.75) is 25.6 Å². The van der Waals surface area contributed by atoms with Gasteiger partial charge in [0.1, 0.15) is 19.3 Å². The lowest BCUT2D eigenvalue weighted by atomic mass is 10.1. The summed E-state index contributed by atoms with van der Waals surface area (Å²) < 4.78 is 23.5. The minimum atomic E-state index is -0.651. The normalized spacial score (nSPS) is 16.3. The van der Waals surface area contributed by atoms with E-state index in [0.717, 1.165) is 30.8 Å². The van der Waals surface area contributed by atoms with Gasteiger partial charge in [-0.25, -0.2) is 19.2 Å². The first-order chi connectivity index (χ1) is 13.6. The van der Waals surface area contributed by atoms with Gasteiger partial charge in [0.15, 0.2) is 5.82 Å². The van der Waals surface area contributed by atoms with Gasteiger partial charge in [0.25, 0.3) is 0 Å². The van der Waals surface area contributed by atoms with Crippen LogP contribution in [0.15, 0.2) is 42.7 Å². The number of piperidine rings is 1. The summed E-state index contributed by atoms with van der Waals surface area (Å²) in [5.74, 6) is -0.775. The zero-order valence-electron chi connectivity index (χ0n) is 15.2. The van der Waals surface area contributed by atoms with Crippen LogP contribution in [-0.2, 0) is 16.1 Å². The Morgan fingerprint density at radius 1 is 1.21 bits per heavy atom. The van der Waals surface area contributed by atoms with Crippen LogP contribution in [0.1, 0.15) is 18.4 Å². The Labute approximate surface area is 161 Å². The Kier molecular flexibility index (Phi) is 6.72. The van der Waals surface area contributed by atoms with Crippen LogP contribution in [0, 0.1) is 5.82 Å². The fourth-order valence-corrected chi connectivity index (χ4v) is 2.81. The standard InChI is InChI=1S/C19H21FN4O4/c20-15-9-21-18(22-10-15)28-16-7-4-8-24(12-16)17(25)11-23-19(26)27-13-14-5-2-1-3-6-14/h1-3,5-6,9-10,16H,4,7-8,11-13H2,(H,23,26). The Bertz CT molecular complexity index is 788. The maximum absolute atomic E-state index is 12.9. The molecular formula is C19H21FN4O4. The number of nitrogens with zero attached hydrogens (tertiary/aromatic N) is 3. The molecule has 28 heavy (non-hydrogen) atoms. The molecule has 0 aliphatic carbocycles. The van der Waals surface area contributed by atoms with E-state index in [1.165, 1.54) is 0 Å². The molecular weight excluding hydrogens is 367 g/mol. The molecule has 1 saturated heterocycles. The van der Waals surface area contributed by atoms with Crippen molar-refractivity contribution in [1.82, 2.24) is 20.2 Å². The minimum absolute atomic E-state index is 0.0725. The molecule has 0 radical (unpaired) electrons. The van der Waals surface area contributed by atoms with Crippen molar-refractivity contribution >= 4 is 12.0 Å². The van der Waals surface area contributed by atoms with Gasteiger partial charge in [-0.15, -0.1) is 0 Å². The number of hydrogen-bond donors (Lipinski definition) is 1. The molecule has 8 nitrogen and oxygen atoms in total. The molecule has 2 aromatic rings. The number of halogens is 1. The number of ether oxygens (including phenoxy) is 2. The fourth-order valence-electron chi connectivity index (χ4n) is 2.81. The summed E-state index contributed by atoms with van der Waals surface area (Å²) in [5.41, 5.74) is 0.864. The number of amides is 2. The first-order valence-corrected chi connectivity index (χ1v) is 8.96. The topological polar surface area (TPSA) is 93.7 Å². The zero-order valence-corrected chi connectivity index (χ0v) is 15.2. The lowest BCUT2D eigenvalue weighted by molar-refractivity contribution is -0.132. The molecule has 1 aliphatic rings. The number of aromatic nitrogens is 2. The van der Waals surface area contributed by atoms with Crippen molar-refractivity contribution in [2.24, 2.45) is 0 Å². The van der Waals surface area contributed by atoms with E-state index in [9.17, 15) is 14.0 Å². The van der Waals surface area contributed by atoms with E-state index in [4.69, 9.17) is 9.47 Å². The van der Waals surface area contributed by atoms with Gasteiger partial charge >= 0.3 is 12.1 Å². The summed E-state index contributed by atoms with van der Waals surface area (Å²) in [5, 5.41) is 2.46.